The Balaban J connectivity index is 1.44. The van der Waals surface area contributed by atoms with Crippen molar-refractivity contribution >= 4 is 11.3 Å². The maximum atomic E-state index is 5.82. The summed E-state index contributed by atoms with van der Waals surface area (Å²) in [6.07, 6.45) is 2.88. The molecule has 0 saturated carbocycles. The average Bonchev–Trinajstić information content (AvgIpc) is 3.09. The summed E-state index contributed by atoms with van der Waals surface area (Å²) in [7, 11) is 0. The minimum absolute atomic E-state index is 0.544. The zero-order chi connectivity index (χ0) is 15.9. The normalized spacial score (nSPS) is 15.7. The maximum Gasteiger partial charge on any atom is 0.123 e. The molecule has 1 saturated heterocycles. The second kappa shape index (κ2) is 8.40. The van der Waals surface area contributed by atoms with Crippen LogP contribution in [0.5, 0.6) is 5.75 Å². The molecule has 5 nitrogen and oxygen atoms in total. The molecule has 1 aromatic carbocycles. The van der Waals surface area contributed by atoms with Crippen LogP contribution in [-0.2, 0) is 11.3 Å². The molecule has 6 heteroatoms. The lowest BCUT2D eigenvalue weighted by atomic mass is 10.2. The SMILES string of the molecule is NCc1cnc(-c2ccc(OCCCN3CCOCC3)cc2)s1. The average molecular weight is 333 g/mol. The third-order valence-corrected chi connectivity index (χ3v) is 4.92. The molecule has 0 spiro atoms. The Labute approximate surface area is 141 Å². The smallest absolute Gasteiger partial charge is 0.123 e. The van der Waals surface area contributed by atoms with Crippen LogP contribution in [0.4, 0.5) is 0 Å². The van der Waals surface area contributed by atoms with E-state index in [1.165, 1.54) is 0 Å². The molecule has 0 unspecified atom stereocenters. The first-order valence-corrected chi connectivity index (χ1v) is 8.85. The Kier molecular flexibility index (Phi) is 5.99. The van der Waals surface area contributed by atoms with Crippen LogP contribution in [0.2, 0.25) is 0 Å². The highest BCUT2D eigenvalue weighted by atomic mass is 32.1. The first-order valence-electron chi connectivity index (χ1n) is 8.03. The van der Waals surface area contributed by atoms with Gasteiger partial charge in [-0.25, -0.2) is 4.98 Å². The van der Waals surface area contributed by atoms with Gasteiger partial charge in [0.05, 0.1) is 19.8 Å². The highest BCUT2D eigenvalue weighted by Crippen LogP contribution is 2.26. The van der Waals surface area contributed by atoms with Gasteiger partial charge in [0.15, 0.2) is 0 Å². The van der Waals surface area contributed by atoms with Gasteiger partial charge in [-0.1, -0.05) is 0 Å². The van der Waals surface area contributed by atoms with Gasteiger partial charge in [-0.2, -0.15) is 0 Å². The molecule has 0 radical (unpaired) electrons. The Morgan fingerprint density at radius 3 is 2.70 bits per heavy atom. The summed E-state index contributed by atoms with van der Waals surface area (Å²) in [4.78, 5) is 7.92. The third kappa shape index (κ3) is 4.75. The number of nitrogens with zero attached hydrogens (tertiary/aromatic N) is 2. The number of ether oxygens (including phenoxy) is 2. The van der Waals surface area contributed by atoms with E-state index in [-0.39, 0.29) is 0 Å². The van der Waals surface area contributed by atoms with Gasteiger partial charge in [0.1, 0.15) is 10.8 Å². The summed E-state index contributed by atoms with van der Waals surface area (Å²) in [5.41, 5.74) is 6.73. The van der Waals surface area contributed by atoms with Crippen LogP contribution in [-0.4, -0.2) is 49.3 Å². The molecule has 1 aliphatic heterocycles. The number of thiazole rings is 1. The van der Waals surface area contributed by atoms with Crippen LogP contribution in [0.15, 0.2) is 30.5 Å². The molecular weight excluding hydrogens is 310 g/mol. The number of hydrogen-bond donors (Lipinski definition) is 1. The summed E-state index contributed by atoms with van der Waals surface area (Å²) in [6.45, 7) is 6.13. The predicted octanol–water partition coefficient (Wildman–Crippen LogP) is 2.37. The number of morpholine rings is 1. The number of hydrogen-bond acceptors (Lipinski definition) is 6. The van der Waals surface area contributed by atoms with Crippen molar-refractivity contribution < 1.29 is 9.47 Å². The summed E-state index contributed by atoms with van der Waals surface area (Å²) in [5, 5.41) is 1.00. The van der Waals surface area contributed by atoms with Crippen molar-refractivity contribution in [2.75, 3.05) is 39.5 Å². The summed E-state index contributed by atoms with van der Waals surface area (Å²) < 4.78 is 11.2. The monoisotopic (exact) mass is 333 g/mol. The number of aromatic nitrogens is 1. The largest absolute Gasteiger partial charge is 0.494 e. The van der Waals surface area contributed by atoms with Gasteiger partial charge in [-0.15, -0.1) is 11.3 Å². The molecule has 2 N–H and O–H groups in total. The lowest BCUT2D eigenvalue weighted by Crippen LogP contribution is -2.37. The van der Waals surface area contributed by atoms with E-state index in [9.17, 15) is 0 Å². The van der Waals surface area contributed by atoms with Crippen molar-refractivity contribution in [2.45, 2.75) is 13.0 Å². The molecule has 2 aromatic rings. The molecule has 1 aromatic heterocycles. The van der Waals surface area contributed by atoms with Gasteiger partial charge >= 0.3 is 0 Å². The number of rotatable bonds is 7. The van der Waals surface area contributed by atoms with Crippen molar-refractivity contribution in [1.82, 2.24) is 9.88 Å². The second-order valence-electron chi connectivity index (χ2n) is 5.52. The molecule has 0 atom stereocenters. The zero-order valence-corrected chi connectivity index (χ0v) is 14.1. The molecule has 124 valence electrons. The second-order valence-corrected chi connectivity index (χ2v) is 6.63. The van der Waals surface area contributed by atoms with E-state index in [0.717, 1.165) is 67.1 Å². The Morgan fingerprint density at radius 2 is 2.00 bits per heavy atom. The van der Waals surface area contributed by atoms with Crippen LogP contribution in [0.3, 0.4) is 0 Å². The van der Waals surface area contributed by atoms with Gasteiger partial charge in [-0.05, 0) is 30.7 Å². The van der Waals surface area contributed by atoms with Crippen molar-refractivity contribution in [1.29, 1.82) is 0 Å². The highest BCUT2D eigenvalue weighted by molar-refractivity contribution is 7.15. The van der Waals surface area contributed by atoms with Gasteiger partial charge in [-0.3, -0.25) is 4.90 Å². The summed E-state index contributed by atoms with van der Waals surface area (Å²) in [5.74, 6) is 0.909. The summed E-state index contributed by atoms with van der Waals surface area (Å²) in [6, 6.07) is 8.12. The molecule has 0 aliphatic carbocycles. The van der Waals surface area contributed by atoms with E-state index < -0.39 is 0 Å². The fourth-order valence-electron chi connectivity index (χ4n) is 2.53. The minimum atomic E-state index is 0.544. The van der Waals surface area contributed by atoms with Crippen LogP contribution in [0.1, 0.15) is 11.3 Å². The molecule has 1 fully saturated rings. The topological polar surface area (TPSA) is 60.6 Å². The maximum absolute atomic E-state index is 5.82. The molecule has 2 heterocycles. The van der Waals surface area contributed by atoms with E-state index in [1.54, 1.807) is 11.3 Å². The molecule has 3 rings (SSSR count). The quantitative estimate of drug-likeness (QED) is 0.788. The van der Waals surface area contributed by atoms with Crippen LogP contribution in [0.25, 0.3) is 10.6 Å². The van der Waals surface area contributed by atoms with Crippen LogP contribution < -0.4 is 10.5 Å². The number of nitrogens with two attached hydrogens (primary N) is 1. The molecule has 0 amide bonds. The van der Waals surface area contributed by atoms with Crippen LogP contribution in [0, 0.1) is 0 Å². The van der Waals surface area contributed by atoms with Gasteiger partial charge in [0.2, 0.25) is 0 Å². The molecule has 23 heavy (non-hydrogen) atoms. The fraction of sp³-hybridized carbons (Fsp3) is 0.471. The highest BCUT2D eigenvalue weighted by Gasteiger charge is 2.09. The van der Waals surface area contributed by atoms with Crippen molar-refractivity contribution in [3.63, 3.8) is 0 Å². The molecule has 1 aliphatic rings. The van der Waals surface area contributed by atoms with E-state index >= 15 is 0 Å². The standard InChI is InChI=1S/C17H23N3O2S/c18-12-16-13-19-17(23-16)14-2-4-15(5-3-14)22-9-1-6-20-7-10-21-11-8-20/h2-5,13H,1,6-12,18H2. The lowest BCUT2D eigenvalue weighted by molar-refractivity contribution is 0.0358. The first kappa shape index (κ1) is 16.4. The minimum Gasteiger partial charge on any atom is -0.494 e. The van der Waals surface area contributed by atoms with E-state index in [1.807, 2.05) is 18.3 Å². The van der Waals surface area contributed by atoms with Gasteiger partial charge in [0, 0.05) is 42.8 Å². The predicted molar refractivity (Wildman–Crippen MR) is 92.8 cm³/mol. The molecule has 0 bridgehead atoms. The van der Waals surface area contributed by atoms with E-state index in [2.05, 4.69) is 22.0 Å². The first-order chi connectivity index (χ1) is 11.3. The Hall–Kier alpha value is -1.47. The zero-order valence-electron chi connectivity index (χ0n) is 13.2. The van der Waals surface area contributed by atoms with Gasteiger partial charge in [0.25, 0.3) is 0 Å². The van der Waals surface area contributed by atoms with E-state index in [0.29, 0.717) is 6.54 Å². The molecular formula is C17H23N3O2S. The van der Waals surface area contributed by atoms with E-state index in [4.69, 9.17) is 15.2 Å². The Bertz CT molecular complexity index is 594. The van der Waals surface area contributed by atoms with Crippen LogP contribution >= 0.6 is 11.3 Å². The number of benzene rings is 1. The van der Waals surface area contributed by atoms with Crippen molar-refractivity contribution in [2.24, 2.45) is 5.73 Å². The van der Waals surface area contributed by atoms with Crippen molar-refractivity contribution in [3.05, 3.63) is 35.3 Å². The Morgan fingerprint density at radius 1 is 1.22 bits per heavy atom. The lowest BCUT2D eigenvalue weighted by Gasteiger charge is -2.26. The van der Waals surface area contributed by atoms with Gasteiger partial charge < -0.3 is 15.2 Å². The fourth-order valence-corrected chi connectivity index (χ4v) is 3.33. The summed E-state index contributed by atoms with van der Waals surface area (Å²) >= 11 is 1.64. The third-order valence-electron chi connectivity index (χ3n) is 3.85. The van der Waals surface area contributed by atoms with Crippen molar-refractivity contribution in [3.8, 4) is 16.3 Å².